The first-order chi connectivity index (χ1) is 22.6. The van der Waals surface area contributed by atoms with Crippen molar-refractivity contribution < 1.29 is 4.42 Å². The molecule has 10 rings (SSSR count). The van der Waals surface area contributed by atoms with Crippen LogP contribution in [-0.2, 0) is 5.41 Å². The van der Waals surface area contributed by atoms with Gasteiger partial charge in [-0.25, -0.2) is 0 Å². The maximum Gasteiger partial charge on any atom is 0.136 e. The third-order valence-electron chi connectivity index (χ3n) is 10.4. The van der Waals surface area contributed by atoms with Gasteiger partial charge in [0.1, 0.15) is 11.2 Å². The van der Waals surface area contributed by atoms with E-state index in [9.17, 15) is 0 Å². The molecule has 1 aliphatic rings. The summed E-state index contributed by atoms with van der Waals surface area (Å²) in [6.45, 7) is 4.81. The summed E-state index contributed by atoms with van der Waals surface area (Å²) in [5.41, 5.74) is 12.1. The fraction of sp³-hybridized carbons (Fsp3) is 0.0667. The Labute approximate surface area is 267 Å². The van der Waals surface area contributed by atoms with Gasteiger partial charge in [-0.15, -0.1) is 0 Å². The predicted molar refractivity (Wildman–Crippen MR) is 195 cm³/mol. The number of rotatable bonds is 2. The van der Waals surface area contributed by atoms with E-state index < -0.39 is 0 Å². The van der Waals surface area contributed by atoms with Crippen LogP contribution < -0.4 is 0 Å². The normalized spacial score (nSPS) is 13.6. The van der Waals surface area contributed by atoms with Gasteiger partial charge in [-0.2, -0.15) is 0 Å². The maximum atomic E-state index is 6.44. The van der Waals surface area contributed by atoms with Crippen molar-refractivity contribution in [3.8, 4) is 33.4 Å². The van der Waals surface area contributed by atoms with E-state index in [1.807, 2.05) is 0 Å². The van der Waals surface area contributed by atoms with Crippen LogP contribution in [0.5, 0.6) is 0 Å². The molecule has 0 saturated heterocycles. The summed E-state index contributed by atoms with van der Waals surface area (Å²) in [4.78, 5) is 0. The van der Waals surface area contributed by atoms with E-state index in [-0.39, 0.29) is 5.41 Å². The van der Waals surface area contributed by atoms with Crippen LogP contribution in [0.4, 0.5) is 0 Å². The smallest absolute Gasteiger partial charge is 0.136 e. The number of hydrogen-bond acceptors (Lipinski definition) is 1. The molecular formula is C45H30O. The van der Waals surface area contributed by atoms with Crippen LogP contribution in [0, 0.1) is 0 Å². The highest BCUT2D eigenvalue weighted by molar-refractivity contribution is 6.16. The van der Waals surface area contributed by atoms with Gasteiger partial charge in [-0.1, -0.05) is 135 Å². The van der Waals surface area contributed by atoms with Crippen molar-refractivity contribution in [1.29, 1.82) is 0 Å². The molecule has 0 unspecified atom stereocenters. The van der Waals surface area contributed by atoms with Crippen molar-refractivity contribution in [1.82, 2.24) is 0 Å². The molecule has 0 spiro atoms. The summed E-state index contributed by atoms with van der Waals surface area (Å²) in [5.74, 6) is 0. The van der Waals surface area contributed by atoms with Gasteiger partial charge in [0, 0.05) is 16.2 Å². The molecule has 0 bridgehead atoms. The summed E-state index contributed by atoms with van der Waals surface area (Å²) in [5, 5.41) is 9.97. The second-order valence-electron chi connectivity index (χ2n) is 13.3. The molecule has 0 N–H and O–H groups in total. The summed E-state index contributed by atoms with van der Waals surface area (Å²) in [6.07, 6.45) is 0. The Morgan fingerprint density at radius 1 is 0.413 bits per heavy atom. The quantitative estimate of drug-likeness (QED) is 0.196. The van der Waals surface area contributed by atoms with Gasteiger partial charge in [0.15, 0.2) is 0 Å². The molecule has 1 aromatic heterocycles. The third-order valence-corrected chi connectivity index (χ3v) is 10.4. The van der Waals surface area contributed by atoms with Crippen LogP contribution in [0.2, 0.25) is 0 Å². The average Bonchev–Trinajstić information content (AvgIpc) is 3.57. The van der Waals surface area contributed by atoms with Crippen molar-refractivity contribution in [2.75, 3.05) is 0 Å². The molecule has 1 nitrogen and oxygen atoms in total. The van der Waals surface area contributed by atoms with Crippen LogP contribution in [0.1, 0.15) is 25.0 Å². The number of furan rings is 1. The number of fused-ring (bicyclic) bond motifs is 10. The van der Waals surface area contributed by atoms with Gasteiger partial charge >= 0.3 is 0 Å². The average molecular weight is 587 g/mol. The lowest BCUT2D eigenvalue weighted by Gasteiger charge is -2.25. The van der Waals surface area contributed by atoms with Crippen LogP contribution in [0.3, 0.4) is 0 Å². The molecule has 46 heavy (non-hydrogen) atoms. The van der Waals surface area contributed by atoms with E-state index in [1.54, 1.807) is 0 Å². The Bertz CT molecular complexity index is 2720. The summed E-state index contributed by atoms with van der Waals surface area (Å²) in [7, 11) is 0. The van der Waals surface area contributed by atoms with E-state index in [1.165, 1.54) is 82.2 Å². The van der Waals surface area contributed by atoms with E-state index in [0.717, 1.165) is 16.6 Å². The largest absolute Gasteiger partial charge is 0.456 e. The molecule has 0 radical (unpaired) electrons. The first-order valence-electron chi connectivity index (χ1n) is 16.1. The van der Waals surface area contributed by atoms with Crippen LogP contribution in [0.25, 0.3) is 87.6 Å². The third kappa shape index (κ3) is 3.46. The zero-order valence-corrected chi connectivity index (χ0v) is 25.8. The Kier molecular flexibility index (Phi) is 5.12. The lowest BCUT2D eigenvalue weighted by molar-refractivity contribution is 0.666. The summed E-state index contributed by atoms with van der Waals surface area (Å²) < 4.78 is 6.44. The van der Waals surface area contributed by atoms with E-state index >= 15 is 0 Å². The first kappa shape index (κ1) is 25.6. The minimum absolute atomic E-state index is 0.191. The maximum absolute atomic E-state index is 6.44. The van der Waals surface area contributed by atoms with Gasteiger partial charge in [0.05, 0.1) is 0 Å². The molecule has 0 aliphatic heterocycles. The molecule has 1 heterocycles. The Balaban J connectivity index is 1.20. The number of benzene rings is 8. The zero-order chi connectivity index (χ0) is 30.6. The topological polar surface area (TPSA) is 13.1 Å². The second-order valence-corrected chi connectivity index (χ2v) is 13.3. The Morgan fingerprint density at radius 2 is 1.09 bits per heavy atom. The monoisotopic (exact) mass is 586 g/mol. The summed E-state index contributed by atoms with van der Waals surface area (Å²) >= 11 is 0. The Morgan fingerprint density at radius 3 is 1.96 bits per heavy atom. The van der Waals surface area contributed by atoms with Crippen molar-refractivity contribution in [3.05, 3.63) is 157 Å². The summed E-state index contributed by atoms with van der Waals surface area (Å²) in [6, 6.07) is 53.4. The van der Waals surface area contributed by atoms with Crippen molar-refractivity contribution in [3.63, 3.8) is 0 Å². The second kappa shape index (κ2) is 9.19. The molecule has 0 atom stereocenters. The van der Waals surface area contributed by atoms with E-state index in [2.05, 4.69) is 159 Å². The van der Waals surface area contributed by atoms with Gasteiger partial charge in [-0.3, -0.25) is 0 Å². The van der Waals surface area contributed by atoms with E-state index in [4.69, 9.17) is 4.42 Å². The van der Waals surface area contributed by atoms with Crippen LogP contribution >= 0.6 is 0 Å². The van der Waals surface area contributed by atoms with Gasteiger partial charge < -0.3 is 4.42 Å². The molecule has 8 aromatic carbocycles. The Hall–Kier alpha value is -5.66. The molecule has 0 fully saturated rings. The minimum atomic E-state index is -0.191. The van der Waals surface area contributed by atoms with E-state index in [0.29, 0.717) is 0 Å². The molecular weight excluding hydrogens is 556 g/mol. The first-order valence-corrected chi connectivity index (χ1v) is 16.1. The van der Waals surface area contributed by atoms with Crippen molar-refractivity contribution in [2.45, 2.75) is 19.3 Å². The highest BCUT2D eigenvalue weighted by atomic mass is 16.3. The number of hydrogen-bond donors (Lipinski definition) is 0. The lowest BCUT2D eigenvalue weighted by Crippen LogP contribution is -2.16. The van der Waals surface area contributed by atoms with Crippen LogP contribution in [0.15, 0.2) is 150 Å². The molecule has 0 saturated carbocycles. The molecule has 1 aliphatic carbocycles. The highest BCUT2D eigenvalue weighted by Crippen LogP contribution is 2.54. The van der Waals surface area contributed by atoms with Gasteiger partial charge in [0.25, 0.3) is 0 Å². The standard InChI is InChI=1S/C45H30O/c1-45(2)39-25-31(33-16-9-19-40-43(33)38-24-29-11-3-4-12-30(29)26-41(38)46-40)21-22-35(39)37-23-20-28-14-8-18-36(42(28)44(37)45)34-17-7-13-27-10-5-6-15-32(27)34/h3-26H,1-2H3. The van der Waals surface area contributed by atoms with Crippen molar-refractivity contribution >= 4 is 54.3 Å². The fourth-order valence-electron chi connectivity index (χ4n) is 8.29. The van der Waals surface area contributed by atoms with Crippen molar-refractivity contribution in [2.24, 2.45) is 0 Å². The highest BCUT2D eigenvalue weighted by Gasteiger charge is 2.38. The SMILES string of the molecule is CC1(C)c2cc(-c3cccc4oc5cc6ccccc6cc5c34)ccc2-c2ccc3cccc(-c4cccc5ccccc45)c3c21. The van der Waals surface area contributed by atoms with Crippen LogP contribution in [-0.4, -0.2) is 0 Å². The fourth-order valence-corrected chi connectivity index (χ4v) is 8.29. The molecule has 0 amide bonds. The van der Waals surface area contributed by atoms with Gasteiger partial charge in [-0.05, 0) is 101 Å². The molecule has 9 aromatic rings. The molecule has 1 heteroatoms. The van der Waals surface area contributed by atoms with Gasteiger partial charge in [0.2, 0.25) is 0 Å². The lowest BCUT2D eigenvalue weighted by atomic mass is 9.78. The minimum Gasteiger partial charge on any atom is -0.456 e. The molecule has 216 valence electrons. The predicted octanol–water partition coefficient (Wildman–Crippen LogP) is 12.7. The zero-order valence-electron chi connectivity index (χ0n) is 25.8.